The first-order valence-electron chi connectivity index (χ1n) is 5.76. The van der Waals surface area contributed by atoms with Crippen molar-refractivity contribution in [2.45, 2.75) is 20.3 Å². The van der Waals surface area contributed by atoms with Crippen molar-refractivity contribution in [1.29, 1.82) is 0 Å². The Hall–Kier alpha value is -1.51. The molecule has 0 spiro atoms. The Labute approximate surface area is 97.5 Å². The molecule has 1 aromatic rings. The van der Waals surface area contributed by atoms with Gasteiger partial charge in [-0.1, -0.05) is 18.2 Å². The van der Waals surface area contributed by atoms with Crippen LogP contribution < -0.4 is 5.32 Å². The third kappa shape index (κ3) is 3.93. The van der Waals surface area contributed by atoms with E-state index in [1.54, 1.807) is 0 Å². The summed E-state index contributed by atoms with van der Waals surface area (Å²) in [7, 11) is 0. The standard InChI is InChI=1S/C13H19N2O/c1-3-15(4-2)13(16)10-11-14-12-8-6-5-7-9-12/h5-8,14H,3-4,10-11H2,1-2H3. The second-order valence-electron chi connectivity index (χ2n) is 3.52. The minimum atomic E-state index is 0.202. The maximum Gasteiger partial charge on any atom is 0.224 e. The molecule has 1 amide bonds. The quantitative estimate of drug-likeness (QED) is 0.795. The van der Waals surface area contributed by atoms with Crippen LogP contribution in [0.3, 0.4) is 0 Å². The molecule has 16 heavy (non-hydrogen) atoms. The summed E-state index contributed by atoms with van der Waals surface area (Å²) < 4.78 is 0. The number of benzene rings is 1. The maximum absolute atomic E-state index is 11.7. The van der Waals surface area contributed by atoms with Crippen molar-refractivity contribution in [3.63, 3.8) is 0 Å². The van der Waals surface area contributed by atoms with E-state index in [0.29, 0.717) is 13.0 Å². The number of amides is 1. The van der Waals surface area contributed by atoms with E-state index in [4.69, 9.17) is 0 Å². The van der Waals surface area contributed by atoms with Gasteiger partial charge in [0.25, 0.3) is 0 Å². The molecule has 0 bridgehead atoms. The van der Waals surface area contributed by atoms with Crippen LogP contribution in [0.5, 0.6) is 0 Å². The molecule has 0 aliphatic carbocycles. The molecule has 0 aromatic heterocycles. The van der Waals surface area contributed by atoms with Gasteiger partial charge in [-0.3, -0.25) is 4.79 Å². The Morgan fingerprint density at radius 3 is 2.69 bits per heavy atom. The van der Waals surface area contributed by atoms with Crippen LogP contribution in [0.25, 0.3) is 0 Å². The first-order valence-corrected chi connectivity index (χ1v) is 5.76. The van der Waals surface area contributed by atoms with Crippen LogP contribution in [-0.4, -0.2) is 30.4 Å². The molecule has 0 saturated carbocycles. The molecule has 0 unspecified atom stereocenters. The van der Waals surface area contributed by atoms with Gasteiger partial charge in [-0.05, 0) is 19.9 Å². The molecule has 0 aliphatic heterocycles. The van der Waals surface area contributed by atoms with Crippen molar-refractivity contribution >= 4 is 11.6 Å². The molecule has 1 aromatic carbocycles. The average Bonchev–Trinajstić information content (AvgIpc) is 2.32. The highest BCUT2D eigenvalue weighted by molar-refractivity contribution is 5.76. The molecule has 3 nitrogen and oxygen atoms in total. The lowest BCUT2D eigenvalue weighted by Crippen LogP contribution is -2.31. The van der Waals surface area contributed by atoms with Gasteiger partial charge in [-0.25, -0.2) is 0 Å². The average molecular weight is 219 g/mol. The first kappa shape index (κ1) is 12.6. The third-order valence-electron chi connectivity index (χ3n) is 2.48. The van der Waals surface area contributed by atoms with Crippen molar-refractivity contribution < 1.29 is 4.79 Å². The number of rotatable bonds is 6. The van der Waals surface area contributed by atoms with Crippen molar-refractivity contribution in [2.75, 3.05) is 25.0 Å². The second-order valence-corrected chi connectivity index (χ2v) is 3.52. The van der Waals surface area contributed by atoms with Gasteiger partial charge in [0.2, 0.25) is 5.91 Å². The van der Waals surface area contributed by atoms with Gasteiger partial charge in [0.15, 0.2) is 0 Å². The van der Waals surface area contributed by atoms with Gasteiger partial charge >= 0.3 is 0 Å². The SMILES string of the molecule is CCN(CC)C(=O)CCNc1[c]cccc1. The Bertz CT molecular complexity index is 307. The monoisotopic (exact) mass is 219 g/mol. The van der Waals surface area contributed by atoms with E-state index >= 15 is 0 Å². The molecule has 0 atom stereocenters. The number of nitrogens with one attached hydrogen (secondary N) is 1. The zero-order chi connectivity index (χ0) is 11.8. The number of hydrogen-bond acceptors (Lipinski definition) is 2. The van der Waals surface area contributed by atoms with Crippen LogP contribution in [-0.2, 0) is 4.79 Å². The van der Waals surface area contributed by atoms with E-state index < -0.39 is 0 Å². The van der Waals surface area contributed by atoms with Crippen molar-refractivity contribution in [3.8, 4) is 0 Å². The third-order valence-corrected chi connectivity index (χ3v) is 2.48. The molecule has 1 N–H and O–H groups in total. The summed E-state index contributed by atoms with van der Waals surface area (Å²) in [6, 6.07) is 10.7. The predicted molar refractivity (Wildman–Crippen MR) is 66.3 cm³/mol. The van der Waals surface area contributed by atoms with Gasteiger partial charge in [0, 0.05) is 37.8 Å². The molecule has 1 radical (unpaired) electrons. The van der Waals surface area contributed by atoms with Crippen LogP contribution in [0.2, 0.25) is 0 Å². The highest BCUT2D eigenvalue weighted by atomic mass is 16.2. The number of anilines is 1. The van der Waals surface area contributed by atoms with E-state index in [2.05, 4.69) is 11.4 Å². The smallest absolute Gasteiger partial charge is 0.224 e. The van der Waals surface area contributed by atoms with Crippen LogP contribution in [0.15, 0.2) is 24.3 Å². The van der Waals surface area contributed by atoms with Crippen molar-refractivity contribution in [2.24, 2.45) is 0 Å². The van der Waals surface area contributed by atoms with Gasteiger partial charge in [-0.2, -0.15) is 0 Å². The summed E-state index contributed by atoms with van der Waals surface area (Å²) in [5.74, 6) is 0.202. The summed E-state index contributed by atoms with van der Waals surface area (Å²) in [6.07, 6.45) is 0.532. The summed E-state index contributed by atoms with van der Waals surface area (Å²) in [5, 5.41) is 3.18. The molecule has 87 valence electrons. The number of carbonyl (C=O) groups excluding carboxylic acids is 1. The van der Waals surface area contributed by atoms with Crippen LogP contribution >= 0.6 is 0 Å². The van der Waals surface area contributed by atoms with Gasteiger partial charge < -0.3 is 10.2 Å². The lowest BCUT2D eigenvalue weighted by molar-refractivity contribution is -0.130. The Kier molecular flexibility index (Phi) is 5.40. The fourth-order valence-corrected chi connectivity index (χ4v) is 1.54. The van der Waals surface area contributed by atoms with Gasteiger partial charge in [-0.15, -0.1) is 0 Å². The summed E-state index contributed by atoms with van der Waals surface area (Å²) >= 11 is 0. The van der Waals surface area contributed by atoms with Gasteiger partial charge in [0.05, 0.1) is 0 Å². The molecule has 1 rings (SSSR count). The molecule has 0 heterocycles. The zero-order valence-corrected chi connectivity index (χ0v) is 9.99. The first-order chi connectivity index (χ1) is 7.77. The van der Waals surface area contributed by atoms with E-state index in [1.165, 1.54) is 0 Å². The number of carbonyl (C=O) groups is 1. The number of nitrogens with zero attached hydrogens (tertiary/aromatic N) is 1. The zero-order valence-electron chi connectivity index (χ0n) is 9.99. The van der Waals surface area contributed by atoms with E-state index in [1.807, 2.05) is 43.0 Å². The lowest BCUT2D eigenvalue weighted by Gasteiger charge is -2.18. The number of hydrogen-bond donors (Lipinski definition) is 1. The fraction of sp³-hybridized carbons (Fsp3) is 0.462. The number of para-hydroxylation sites is 1. The molecular formula is C13H19N2O. The largest absolute Gasteiger partial charge is 0.384 e. The lowest BCUT2D eigenvalue weighted by atomic mass is 10.3. The van der Waals surface area contributed by atoms with E-state index in [-0.39, 0.29) is 5.91 Å². The molecular weight excluding hydrogens is 200 g/mol. The summed E-state index contributed by atoms with van der Waals surface area (Å²) in [5.41, 5.74) is 0.940. The summed E-state index contributed by atoms with van der Waals surface area (Å²) in [4.78, 5) is 13.5. The normalized spacial score (nSPS) is 9.88. The van der Waals surface area contributed by atoms with Crippen LogP contribution in [0.4, 0.5) is 5.69 Å². The van der Waals surface area contributed by atoms with Crippen molar-refractivity contribution in [1.82, 2.24) is 4.90 Å². The van der Waals surface area contributed by atoms with E-state index in [0.717, 1.165) is 18.8 Å². The fourth-order valence-electron chi connectivity index (χ4n) is 1.54. The highest BCUT2D eigenvalue weighted by Gasteiger charge is 2.07. The van der Waals surface area contributed by atoms with E-state index in [9.17, 15) is 4.79 Å². The Morgan fingerprint density at radius 2 is 2.12 bits per heavy atom. The van der Waals surface area contributed by atoms with Crippen LogP contribution in [0.1, 0.15) is 20.3 Å². The second kappa shape index (κ2) is 6.88. The Morgan fingerprint density at radius 1 is 1.38 bits per heavy atom. The minimum Gasteiger partial charge on any atom is -0.384 e. The summed E-state index contributed by atoms with van der Waals surface area (Å²) in [6.45, 7) is 6.23. The molecule has 0 saturated heterocycles. The molecule has 0 fully saturated rings. The Balaban J connectivity index is 2.28. The predicted octanol–water partition coefficient (Wildman–Crippen LogP) is 2.16. The van der Waals surface area contributed by atoms with Gasteiger partial charge in [0.1, 0.15) is 0 Å². The molecule has 3 heteroatoms. The maximum atomic E-state index is 11.7. The van der Waals surface area contributed by atoms with Crippen LogP contribution in [0, 0.1) is 6.07 Å². The topological polar surface area (TPSA) is 32.3 Å². The minimum absolute atomic E-state index is 0.202. The molecule has 0 aliphatic rings. The van der Waals surface area contributed by atoms with Crippen molar-refractivity contribution in [3.05, 3.63) is 30.3 Å². The highest BCUT2D eigenvalue weighted by Crippen LogP contribution is 2.04.